The number of carboxylic acid groups (broad SMARTS) is 1. The van der Waals surface area contributed by atoms with Crippen molar-refractivity contribution in [2.45, 2.75) is 32.6 Å². The van der Waals surface area contributed by atoms with Gasteiger partial charge in [0.05, 0.1) is 5.92 Å². The van der Waals surface area contributed by atoms with Crippen molar-refractivity contribution in [3.63, 3.8) is 0 Å². The van der Waals surface area contributed by atoms with Gasteiger partial charge in [0.15, 0.2) is 0 Å². The minimum Gasteiger partial charge on any atom is -0.481 e. The van der Waals surface area contributed by atoms with E-state index in [0.29, 0.717) is 5.92 Å². The molecule has 1 aliphatic rings. The fraction of sp³-hybridized carbons (Fsp3) is 0.700. The van der Waals surface area contributed by atoms with E-state index in [4.69, 9.17) is 10.8 Å². The summed E-state index contributed by atoms with van der Waals surface area (Å²) >= 11 is 0. The molecule has 1 saturated carbocycles. The second-order valence-electron chi connectivity index (χ2n) is 3.77. The lowest BCUT2D eigenvalue weighted by Gasteiger charge is -2.10. The Labute approximate surface area is 78.6 Å². The van der Waals surface area contributed by atoms with Crippen LogP contribution in [0.2, 0.25) is 0 Å². The SMILES string of the molecule is CC(C=C(N)C1CCCC1)C(=O)O. The van der Waals surface area contributed by atoms with E-state index >= 15 is 0 Å². The van der Waals surface area contributed by atoms with Gasteiger partial charge in [-0.1, -0.05) is 18.9 Å². The van der Waals surface area contributed by atoms with Crippen LogP contribution in [0.3, 0.4) is 0 Å². The average Bonchev–Trinajstić information content (AvgIpc) is 2.55. The van der Waals surface area contributed by atoms with Crippen LogP contribution < -0.4 is 5.73 Å². The number of carboxylic acids is 1. The zero-order chi connectivity index (χ0) is 9.84. The van der Waals surface area contributed by atoms with E-state index in [9.17, 15) is 4.79 Å². The molecule has 0 amide bonds. The van der Waals surface area contributed by atoms with E-state index in [1.54, 1.807) is 13.0 Å². The van der Waals surface area contributed by atoms with Crippen LogP contribution >= 0.6 is 0 Å². The maximum atomic E-state index is 10.5. The third-order valence-corrected chi connectivity index (χ3v) is 2.66. The highest BCUT2D eigenvalue weighted by atomic mass is 16.4. The summed E-state index contributed by atoms with van der Waals surface area (Å²) in [6.07, 6.45) is 6.36. The number of allylic oxidation sites excluding steroid dienone is 1. The number of aliphatic carboxylic acids is 1. The molecule has 13 heavy (non-hydrogen) atoms. The highest BCUT2D eigenvalue weighted by Crippen LogP contribution is 2.29. The lowest BCUT2D eigenvalue weighted by atomic mass is 10.0. The molecule has 1 fully saturated rings. The Hall–Kier alpha value is -0.990. The molecule has 1 aliphatic carbocycles. The smallest absolute Gasteiger partial charge is 0.310 e. The third kappa shape index (κ3) is 2.76. The molecule has 0 spiro atoms. The zero-order valence-electron chi connectivity index (χ0n) is 7.99. The molecule has 0 radical (unpaired) electrons. The maximum Gasteiger partial charge on any atom is 0.310 e. The molecule has 0 aliphatic heterocycles. The molecule has 1 rings (SSSR count). The first-order valence-electron chi connectivity index (χ1n) is 4.81. The summed E-state index contributed by atoms with van der Waals surface area (Å²) in [4.78, 5) is 10.5. The van der Waals surface area contributed by atoms with Crippen LogP contribution in [0.15, 0.2) is 11.8 Å². The van der Waals surface area contributed by atoms with Gasteiger partial charge >= 0.3 is 5.97 Å². The van der Waals surface area contributed by atoms with Crippen molar-refractivity contribution in [2.24, 2.45) is 17.6 Å². The van der Waals surface area contributed by atoms with Crippen molar-refractivity contribution in [1.29, 1.82) is 0 Å². The summed E-state index contributed by atoms with van der Waals surface area (Å²) in [5.74, 6) is -0.830. The summed E-state index contributed by atoms with van der Waals surface area (Å²) < 4.78 is 0. The van der Waals surface area contributed by atoms with Gasteiger partial charge in [-0.3, -0.25) is 4.79 Å². The van der Waals surface area contributed by atoms with Crippen molar-refractivity contribution in [2.75, 3.05) is 0 Å². The topological polar surface area (TPSA) is 63.3 Å². The Balaban J connectivity index is 2.53. The predicted molar refractivity (Wildman–Crippen MR) is 51.0 cm³/mol. The standard InChI is InChI=1S/C10H17NO2/c1-7(10(12)13)6-9(11)8-4-2-3-5-8/h6-8H,2-5,11H2,1H3,(H,12,13). The number of nitrogens with two attached hydrogens (primary N) is 1. The van der Waals surface area contributed by atoms with Crippen LogP contribution in [0.1, 0.15) is 32.6 Å². The van der Waals surface area contributed by atoms with E-state index < -0.39 is 11.9 Å². The Morgan fingerprint density at radius 1 is 1.54 bits per heavy atom. The first kappa shape index (κ1) is 10.1. The van der Waals surface area contributed by atoms with Gasteiger partial charge in [0, 0.05) is 5.70 Å². The molecule has 0 saturated heterocycles. The molecule has 0 bridgehead atoms. The van der Waals surface area contributed by atoms with E-state index in [2.05, 4.69) is 0 Å². The second kappa shape index (κ2) is 4.30. The average molecular weight is 183 g/mol. The second-order valence-corrected chi connectivity index (χ2v) is 3.77. The number of carbonyl (C=O) groups is 1. The summed E-state index contributed by atoms with van der Waals surface area (Å²) in [5.41, 5.74) is 6.59. The van der Waals surface area contributed by atoms with E-state index in [1.165, 1.54) is 12.8 Å². The Bertz CT molecular complexity index is 217. The maximum absolute atomic E-state index is 10.5. The predicted octanol–water partition coefficient (Wildman–Crippen LogP) is 1.74. The zero-order valence-corrected chi connectivity index (χ0v) is 7.99. The largest absolute Gasteiger partial charge is 0.481 e. The summed E-state index contributed by atoms with van der Waals surface area (Å²) in [5, 5.41) is 8.67. The van der Waals surface area contributed by atoms with Crippen LogP contribution in [0.4, 0.5) is 0 Å². The first-order valence-corrected chi connectivity index (χ1v) is 4.81. The van der Waals surface area contributed by atoms with Crippen LogP contribution in [0, 0.1) is 11.8 Å². The molecule has 74 valence electrons. The van der Waals surface area contributed by atoms with Crippen LogP contribution in [-0.2, 0) is 4.79 Å². The quantitative estimate of drug-likeness (QED) is 0.700. The van der Waals surface area contributed by atoms with Gasteiger partial charge in [-0.05, 0) is 25.7 Å². The van der Waals surface area contributed by atoms with Crippen LogP contribution in [0.25, 0.3) is 0 Å². The molecule has 3 N–H and O–H groups in total. The fourth-order valence-electron chi connectivity index (χ4n) is 1.76. The molecule has 0 heterocycles. The number of hydrogen-bond acceptors (Lipinski definition) is 2. The minimum atomic E-state index is -0.805. The minimum absolute atomic E-state index is 0.432. The Morgan fingerprint density at radius 2 is 2.08 bits per heavy atom. The van der Waals surface area contributed by atoms with Crippen LogP contribution in [0.5, 0.6) is 0 Å². The Morgan fingerprint density at radius 3 is 2.54 bits per heavy atom. The normalized spacial score (nSPS) is 21.8. The van der Waals surface area contributed by atoms with Crippen molar-refractivity contribution in [3.8, 4) is 0 Å². The van der Waals surface area contributed by atoms with Gasteiger partial charge in [-0.2, -0.15) is 0 Å². The first-order chi connectivity index (χ1) is 6.11. The van der Waals surface area contributed by atoms with Crippen LogP contribution in [-0.4, -0.2) is 11.1 Å². The van der Waals surface area contributed by atoms with E-state index in [-0.39, 0.29) is 0 Å². The van der Waals surface area contributed by atoms with Gasteiger partial charge in [0.2, 0.25) is 0 Å². The molecule has 3 nitrogen and oxygen atoms in total. The van der Waals surface area contributed by atoms with Gasteiger partial charge in [-0.15, -0.1) is 0 Å². The Kier molecular flexibility index (Phi) is 3.34. The molecular formula is C10H17NO2. The molecule has 0 aromatic heterocycles. The van der Waals surface area contributed by atoms with Crippen molar-refractivity contribution in [3.05, 3.63) is 11.8 Å². The van der Waals surface area contributed by atoms with Gasteiger partial charge in [0.25, 0.3) is 0 Å². The summed E-state index contributed by atoms with van der Waals surface area (Å²) in [6, 6.07) is 0. The molecule has 1 atom stereocenters. The van der Waals surface area contributed by atoms with Crippen molar-refractivity contribution >= 4 is 5.97 Å². The van der Waals surface area contributed by atoms with E-state index in [0.717, 1.165) is 18.5 Å². The number of hydrogen-bond donors (Lipinski definition) is 2. The fourth-order valence-corrected chi connectivity index (χ4v) is 1.76. The highest BCUT2D eigenvalue weighted by Gasteiger charge is 2.18. The molecule has 0 aromatic carbocycles. The van der Waals surface area contributed by atoms with E-state index in [1.807, 2.05) is 0 Å². The molecule has 3 heteroatoms. The molecular weight excluding hydrogens is 166 g/mol. The lowest BCUT2D eigenvalue weighted by molar-refractivity contribution is -0.139. The van der Waals surface area contributed by atoms with Crippen molar-refractivity contribution in [1.82, 2.24) is 0 Å². The highest BCUT2D eigenvalue weighted by molar-refractivity contribution is 5.71. The monoisotopic (exact) mass is 183 g/mol. The summed E-state index contributed by atoms with van der Waals surface area (Å²) in [6.45, 7) is 1.66. The van der Waals surface area contributed by atoms with Gasteiger partial charge in [-0.25, -0.2) is 0 Å². The van der Waals surface area contributed by atoms with Gasteiger partial charge in [0.1, 0.15) is 0 Å². The molecule has 0 aromatic rings. The lowest BCUT2D eigenvalue weighted by Crippen LogP contribution is -2.14. The van der Waals surface area contributed by atoms with Gasteiger partial charge < -0.3 is 10.8 Å². The molecule has 1 unspecified atom stereocenters. The number of rotatable bonds is 3. The van der Waals surface area contributed by atoms with Crippen molar-refractivity contribution < 1.29 is 9.90 Å². The summed E-state index contributed by atoms with van der Waals surface area (Å²) in [7, 11) is 0. The third-order valence-electron chi connectivity index (χ3n) is 2.66.